The molecule has 1 rings (SSSR count). The molecule has 21 heavy (non-hydrogen) atoms. The molecule has 1 aromatic carbocycles. The first kappa shape index (κ1) is 17.4. The van der Waals surface area contributed by atoms with E-state index in [0.717, 1.165) is 0 Å². The number of aliphatic carboxylic acids is 1. The predicted molar refractivity (Wildman–Crippen MR) is 72.2 cm³/mol. The molecule has 0 heterocycles. The highest BCUT2D eigenvalue weighted by Gasteiger charge is 2.31. The van der Waals surface area contributed by atoms with Crippen LogP contribution in [0.5, 0.6) is 0 Å². The molecule has 0 aliphatic rings. The van der Waals surface area contributed by atoms with E-state index in [4.69, 9.17) is 5.11 Å². The zero-order chi connectivity index (χ0) is 16.0. The summed E-state index contributed by atoms with van der Waals surface area (Å²) in [5.41, 5.74) is -4.71. The van der Waals surface area contributed by atoms with Crippen molar-refractivity contribution in [3.63, 3.8) is 0 Å². The van der Waals surface area contributed by atoms with Crippen LogP contribution in [0.25, 0.3) is 0 Å². The number of thioether (sulfide) groups is 1. The summed E-state index contributed by atoms with van der Waals surface area (Å²) < 4.78 is 37.3. The number of carboxylic acids is 1. The van der Waals surface area contributed by atoms with Gasteiger partial charge in [0.1, 0.15) is 6.04 Å². The van der Waals surface area contributed by atoms with Crippen molar-refractivity contribution in [3.05, 3.63) is 29.8 Å². The minimum Gasteiger partial charge on any atom is -0.480 e. The predicted octanol–water partition coefficient (Wildman–Crippen LogP) is 3.28. The molecule has 0 saturated carbocycles. The molecule has 0 saturated heterocycles. The van der Waals surface area contributed by atoms with Crippen LogP contribution in [0.1, 0.15) is 30.1 Å². The molecule has 0 aliphatic heterocycles. The smallest absolute Gasteiger partial charge is 0.446 e. The van der Waals surface area contributed by atoms with Gasteiger partial charge in [-0.1, -0.05) is 25.5 Å². The highest BCUT2D eigenvalue weighted by molar-refractivity contribution is 8.00. The maximum Gasteiger partial charge on any atom is 0.446 e. The van der Waals surface area contributed by atoms with Crippen LogP contribution in [-0.2, 0) is 4.79 Å². The van der Waals surface area contributed by atoms with Gasteiger partial charge in [0, 0.05) is 4.90 Å². The van der Waals surface area contributed by atoms with E-state index in [0.29, 0.717) is 6.42 Å². The number of nitrogens with one attached hydrogen (secondary N) is 1. The first-order chi connectivity index (χ1) is 9.74. The molecular formula is C13H14F3NO3S. The van der Waals surface area contributed by atoms with Crippen molar-refractivity contribution in [2.75, 3.05) is 0 Å². The van der Waals surface area contributed by atoms with E-state index in [9.17, 15) is 22.8 Å². The van der Waals surface area contributed by atoms with E-state index in [1.165, 1.54) is 24.3 Å². The Morgan fingerprint density at radius 2 is 1.95 bits per heavy atom. The summed E-state index contributed by atoms with van der Waals surface area (Å²) in [6, 6.07) is 4.08. The highest BCUT2D eigenvalue weighted by Crippen LogP contribution is 2.38. The van der Waals surface area contributed by atoms with E-state index in [1.807, 2.05) is 0 Å². The zero-order valence-electron chi connectivity index (χ0n) is 11.1. The van der Waals surface area contributed by atoms with Crippen LogP contribution in [0.4, 0.5) is 13.2 Å². The zero-order valence-corrected chi connectivity index (χ0v) is 11.9. The number of alkyl halides is 3. The lowest BCUT2D eigenvalue weighted by Crippen LogP contribution is -2.40. The van der Waals surface area contributed by atoms with E-state index in [1.54, 1.807) is 6.92 Å². The van der Waals surface area contributed by atoms with E-state index in [-0.39, 0.29) is 16.9 Å². The number of hydrogen-bond donors (Lipinski definition) is 2. The average molecular weight is 321 g/mol. The van der Waals surface area contributed by atoms with Crippen LogP contribution in [0, 0.1) is 0 Å². The second kappa shape index (κ2) is 7.35. The molecule has 1 amide bonds. The van der Waals surface area contributed by atoms with E-state index >= 15 is 0 Å². The fourth-order valence-corrected chi connectivity index (χ4v) is 2.32. The molecule has 2 N–H and O–H groups in total. The van der Waals surface area contributed by atoms with Gasteiger partial charge in [-0.3, -0.25) is 4.79 Å². The van der Waals surface area contributed by atoms with Crippen molar-refractivity contribution < 1.29 is 27.9 Å². The number of halogens is 3. The van der Waals surface area contributed by atoms with Gasteiger partial charge in [-0.05, 0) is 30.3 Å². The summed E-state index contributed by atoms with van der Waals surface area (Å²) in [6.07, 6.45) is 0.728. The van der Waals surface area contributed by atoms with Crippen molar-refractivity contribution in [3.8, 4) is 0 Å². The van der Waals surface area contributed by atoms with Crippen LogP contribution in [0.3, 0.4) is 0 Å². The normalized spacial score (nSPS) is 12.8. The van der Waals surface area contributed by atoms with E-state index in [2.05, 4.69) is 5.32 Å². The van der Waals surface area contributed by atoms with E-state index < -0.39 is 35.2 Å². The summed E-state index contributed by atoms with van der Waals surface area (Å²) in [7, 11) is 0. The summed E-state index contributed by atoms with van der Waals surface area (Å²) >= 11 is -0.404. The second-order valence-corrected chi connectivity index (χ2v) is 5.30. The van der Waals surface area contributed by atoms with Gasteiger partial charge in [0.15, 0.2) is 0 Å². The molecule has 0 aliphatic carbocycles. The van der Waals surface area contributed by atoms with Crippen molar-refractivity contribution in [2.24, 2.45) is 0 Å². The molecular weight excluding hydrogens is 307 g/mol. The molecule has 1 atom stereocenters. The fraction of sp³-hybridized carbons (Fsp3) is 0.385. The number of carbonyl (C=O) groups excluding carboxylic acids is 1. The highest BCUT2D eigenvalue weighted by atomic mass is 32.2. The van der Waals surface area contributed by atoms with Gasteiger partial charge >= 0.3 is 11.5 Å². The minimum absolute atomic E-state index is 0.192. The molecule has 4 nitrogen and oxygen atoms in total. The Labute approximate surface area is 123 Å². The molecule has 8 heteroatoms. The van der Waals surface area contributed by atoms with Gasteiger partial charge in [0.25, 0.3) is 5.91 Å². The van der Waals surface area contributed by atoms with Crippen LogP contribution in [-0.4, -0.2) is 28.5 Å². The second-order valence-electron chi connectivity index (χ2n) is 4.20. The van der Waals surface area contributed by atoms with Gasteiger partial charge in [-0.25, -0.2) is 4.79 Å². The standard InChI is InChI=1S/C13H14F3NO3S/c1-2-5-9(12(19)20)17-11(18)8-6-3-4-7-10(8)21-13(14,15)16/h3-4,6-7,9H,2,5H2,1H3,(H,17,18)(H,19,20)/t9-/m0/s1. The van der Waals surface area contributed by atoms with Gasteiger partial charge < -0.3 is 10.4 Å². The van der Waals surface area contributed by atoms with Crippen LogP contribution >= 0.6 is 11.8 Å². The Morgan fingerprint density at radius 3 is 2.48 bits per heavy atom. The monoisotopic (exact) mass is 321 g/mol. The fourth-order valence-electron chi connectivity index (χ4n) is 1.65. The molecule has 116 valence electrons. The number of rotatable bonds is 6. The Balaban J connectivity index is 2.94. The largest absolute Gasteiger partial charge is 0.480 e. The summed E-state index contributed by atoms with van der Waals surface area (Å²) in [5.74, 6) is -2.05. The number of carbonyl (C=O) groups is 2. The molecule has 0 spiro atoms. The molecule has 0 unspecified atom stereocenters. The Morgan fingerprint density at radius 1 is 1.33 bits per heavy atom. The van der Waals surface area contributed by atoms with Crippen molar-refractivity contribution >= 4 is 23.6 Å². The van der Waals surface area contributed by atoms with Gasteiger partial charge in [0.2, 0.25) is 0 Å². The number of carboxylic acid groups (broad SMARTS) is 1. The third-order valence-corrected chi connectivity index (χ3v) is 3.35. The maximum absolute atomic E-state index is 12.4. The molecule has 0 radical (unpaired) electrons. The summed E-state index contributed by atoms with van der Waals surface area (Å²) in [5, 5.41) is 11.2. The lowest BCUT2D eigenvalue weighted by molar-refractivity contribution is -0.139. The average Bonchev–Trinajstić information content (AvgIpc) is 2.36. The lowest BCUT2D eigenvalue weighted by atomic mass is 10.1. The number of benzene rings is 1. The Bertz CT molecular complexity index is 520. The molecule has 1 aromatic rings. The SMILES string of the molecule is CCC[C@H](NC(=O)c1ccccc1SC(F)(F)F)C(=O)O. The number of hydrogen-bond acceptors (Lipinski definition) is 3. The van der Waals surface area contributed by atoms with Crippen molar-refractivity contribution in [2.45, 2.75) is 36.2 Å². The molecule has 0 fully saturated rings. The van der Waals surface area contributed by atoms with Gasteiger partial charge in [-0.15, -0.1) is 0 Å². The first-order valence-electron chi connectivity index (χ1n) is 6.13. The number of amides is 1. The topological polar surface area (TPSA) is 66.4 Å². The maximum atomic E-state index is 12.4. The van der Waals surface area contributed by atoms with Gasteiger partial charge in [-0.2, -0.15) is 13.2 Å². The van der Waals surface area contributed by atoms with Gasteiger partial charge in [0.05, 0.1) is 5.56 Å². The summed E-state index contributed by atoms with van der Waals surface area (Å²) in [4.78, 5) is 22.7. The third kappa shape index (κ3) is 5.66. The Kier molecular flexibility index (Phi) is 6.07. The molecule has 0 bridgehead atoms. The van der Waals surface area contributed by atoms with Crippen LogP contribution in [0.15, 0.2) is 29.2 Å². The summed E-state index contributed by atoms with van der Waals surface area (Å²) in [6.45, 7) is 1.75. The van der Waals surface area contributed by atoms with Crippen molar-refractivity contribution in [1.82, 2.24) is 5.32 Å². The molecule has 0 aromatic heterocycles. The first-order valence-corrected chi connectivity index (χ1v) is 6.94. The van der Waals surface area contributed by atoms with Crippen molar-refractivity contribution in [1.29, 1.82) is 0 Å². The van der Waals surface area contributed by atoms with Crippen LogP contribution < -0.4 is 5.32 Å². The quantitative estimate of drug-likeness (QED) is 0.789. The third-order valence-electron chi connectivity index (χ3n) is 2.54. The van der Waals surface area contributed by atoms with Crippen LogP contribution in [0.2, 0.25) is 0 Å². The Hall–Kier alpha value is -1.70. The lowest BCUT2D eigenvalue weighted by Gasteiger charge is -2.15. The minimum atomic E-state index is -4.52.